The molecule has 0 bridgehead atoms. The number of benzene rings is 1. The summed E-state index contributed by atoms with van der Waals surface area (Å²) in [6, 6.07) is 8.97. The molecule has 1 N–H and O–H groups in total. The van der Waals surface area contributed by atoms with Crippen LogP contribution in [0.1, 0.15) is 43.0 Å². The molecule has 0 aromatic heterocycles. The number of carbonyl (C=O) groups is 1. The number of unbranched alkanes of at least 4 members (excludes halogenated alkanes) is 2. The van der Waals surface area contributed by atoms with E-state index in [1.54, 1.807) is 12.1 Å². The van der Waals surface area contributed by atoms with Crippen LogP contribution in [0.3, 0.4) is 0 Å². The second-order valence-corrected chi connectivity index (χ2v) is 3.74. The van der Waals surface area contributed by atoms with E-state index in [4.69, 9.17) is 0 Å². The molecule has 0 saturated carbocycles. The highest BCUT2D eigenvalue weighted by atomic mass is 16.3. The maximum Gasteiger partial charge on any atom is 0.191 e. The Kier molecular flexibility index (Phi) is 5.05. The molecule has 2 heteroatoms. The summed E-state index contributed by atoms with van der Waals surface area (Å²) in [6.07, 6.45) is 2.82. The SMILES string of the molecule is CCCCCC(O)C(=O)c1ccccc1. The number of hydrogen-bond donors (Lipinski definition) is 1. The lowest BCUT2D eigenvalue weighted by Gasteiger charge is -2.08. The highest BCUT2D eigenvalue weighted by molar-refractivity contribution is 5.99. The lowest BCUT2D eigenvalue weighted by molar-refractivity contribution is 0.0725. The number of aliphatic hydroxyl groups excluding tert-OH is 1. The summed E-state index contributed by atoms with van der Waals surface area (Å²) >= 11 is 0. The van der Waals surface area contributed by atoms with Gasteiger partial charge in [0.15, 0.2) is 5.78 Å². The van der Waals surface area contributed by atoms with Gasteiger partial charge in [0, 0.05) is 5.56 Å². The van der Waals surface area contributed by atoms with Crippen LogP contribution in [-0.2, 0) is 0 Å². The van der Waals surface area contributed by atoms with E-state index in [9.17, 15) is 9.90 Å². The van der Waals surface area contributed by atoms with Crippen molar-refractivity contribution in [1.29, 1.82) is 0 Å². The predicted molar refractivity (Wildman–Crippen MR) is 60.9 cm³/mol. The molecule has 1 unspecified atom stereocenters. The summed E-state index contributed by atoms with van der Waals surface area (Å²) in [5.74, 6) is -0.160. The van der Waals surface area contributed by atoms with Crippen LogP contribution < -0.4 is 0 Å². The molecule has 1 aromatic carbocycles. The molecule has 0 aliphatic rings. The molecule has 0 aliphatic carbocycles. The average molecular weight is 206 g/mol. The Hall–Kier alpha value is -1.15. The third kappa shape index (κ3) is 3.84. The molecule has 2 nitrogen and oxygen atoms in total. The standard InChI is InChI=1S/C13H18O2/c1-2-3-5-10-12(14)13(15)11-8-6-4-7-9-11/h4,6-9,12,14H,2-3,5,10H2,1H3. The quantitative estimate of drug-likeness (QED) is 0.574. The summed E-state index contributed by atoms with van der Waals surface area (Å²) in [7, 11) is 0. The van der Waals surface area contributed by atoms with Crippen LogP contribution in [-0.4, -0.2) is 17.0 Å². The van der Waals surface area contributed by atoms with Crippen molar-refractivity contribution in [2.75, 3.05) is 0 Å². The molecular formula is C13H18O2. The van der Waals surface area contributed by atoms with Gasteiger partial charge in [0.2, 0.25) is 0 Å². The smallest absolute Gasteiger partial charge is 0.191 e. The minimum Gasteiger partial charge on any atom is -0.385 e. The lowest BCUT2D eigenvalue weighted by Crippen LogP contribution is -2.20. The van der Waals surface area contributed by atoms with Gasteiger partial charge in [0.05, 0.1) is 0 Å². The van der Waals surface area contributed by atoms with Gasteiger partial charge in [-0.1, -0.05) is 56.5 Å². The van der Waals surface area contributed by atoms with Crippen LogP contribution in [0, 0.1) is 0 Å². The maximum absolute atomic E-state index is 11.7. The highest BCUT2D eigenvalue weighted by Gasteiger charge is 2.15. The molecule has 0 fully saturated rings. The van der Waals surface area contributed by atoms with Gasteiger partial charge in [-0.15, -0.1) is 0 Å². The Morgan fingerprint density at radius 3 is 2.53 bits per heavy atom. The summed E-state index contributed by atoms with van der Waals surface area (Å²) in [6.45, 7) is 2.10. The third-order valence-electron chi connectivity index (χ3n) is 2.44. The summed E-state index contributed by atoms with van der Waals surface area (Å²) in [4.78, 5) is 11.7. The van der Waals surface area contributed by atoms with Gasteiger partial charge in [0.25, 0.3) is 0 Å². The van der Waals surface area contributed by atoms with Crippen LogP contribution in [0.2, 0.25) is 0 Å². The first kappa shape index (κ1) is 11.9. The average Bonchev–Trinajstić information content (AvgIpc) is 2.29. The largest absolute Gasteiger partial charge is 0.385 e. The van der Waals surface area contributed by atoms with Crippen molar-refractivity contribution < 1.29 is 9.90 Å². The van der Waals surface area contributed by atoms with Crippen molar-refractivity contribution in [3.63, 3.8) is 0 Å². The van der Waals surface area contributed by atoms with Gasteiger partial charge in [-0.05, 0) is 6.42 Å². The van der Waals surface area contributed by atoms with Crippen LogP contribution in [0.15, 0.2) is 30.3 Å². The molecule has 0 radical (unpaired) electrons. The molecular weight excluding hydrogens is 188 g/mol. The molecule has 0 amide bonds. The van der Waals surface area contributed by atoms with E-state index in [2.05, 4.69) is 6.92 Å². The number of ketones is 1. The molecule has 82 valence electrons. The molecule has 1 aromatic rings. The van der Waals surface area contributed by atoms with E-state index in [-0.39, 0.29) is 5.78 Å². The Morgan fingerprint density at radius 1 is 1.27 bits per heavy atom. The maximum atomic E-state index is 11.7. The van der Waals surface area contributed by atoms with Gasteiger partial charge in [-0.3, -0.25) is 4.79 Å². The molecule has 15 heavy (non-hydrogen) atoms. The van der Waals surface area contributed by atoms with E-state index in [0.717, 1.165) is 19.3 Å². The first-order valence-electron chi connectivity index (χ1n) is 5.53. The van der Waals surface area contributed by atoms with Crippen molar-refractivity contribution in [2.24, 2.45) is 0 Å². The van der Waals surface area contributed by atoms with E-state index in [1.165, 1.54) is 0 Å². The van der Waals surface area contributed by atoms with Crippen LogP contribution in [0.25, 0.3) is 0 Å². The van der Waals surface area contributed by atoms with Crippen molar-refractivity contribution >= 4 is 5.78 Å². The zero-order valence-corrected chi connectivity index (χ0v) is 9.15. The Labute approximate surface area is 90.9 Å². The van der Waals surface area contributed by atoms with Gasteiger partial charge in [0.1, 0.15) is 6.10 Å². The molecule has 0 heterocycles. The summed E-state index contributed by atoms with van der Waals surface area (Å²) < 4.78 is 0. The minimum absolute atomic E-state index is 0.160. The zero-order chi connectivity index (χ0) is 11.1. The van der Waals surface area contributed by atoms with Crippen LogP contribution in [0.4, 0.5) is 0 Å². The minimum atomic E-state index is -0.834. The Balaban J connectivity index is 2.46. The Bertz CT molecular complexity index is 293. The monoisotopic (exact) mass is 206 g/mol. The Morgan fingerprint density at radius 2 is 1.93 bits per heavy atom. The molecule has 0 saturated heterocycles. The second kappa shape index (κ2) is 6.36. The van der Waals surface area contributed by atoms with Crippen molar-refractivity contribution in [3.8, 4) is 0 Å². The molecule has 0 spiro atoms. The molecule has 1 rings (SSSR count). The number of carbonyl (C=O) groups excluding carboxylic acids is 1. The van der Waals surface area contributed by atoms with E-state index in [1.807, 2.05) is 18.2 Å². The van der Waals surface area contributed by atoms with E-state index in [0.29, 0.717) is 12.0 Å². The van der Waals surface area contributed by atoms with Crippen molar-refractivity contribution in [1.82, 2.24) is 0 Å². The molecule has 0 aliphatic heterocycles. The topological polar surface area (TPSA) is 37.3 Å². The van der Waals surface area contributed by atoms with E-state index >= 15 is 0 Å². The number of Topliss-reactive ketones (excluding diaryl/α,β-unsaturated/α-hetero) is 1. The first-order chi connectivity index (χ1) is 7.25. The van der Waals surface area contributed by atoms with Crippen molar-refractivity contribution in [2.45, 2.75) is 38.7 Å². The number of aliphatic hydroxyl groups is 1. The zero-order valence-electron chi connectivity index (χ0n) is 9.15. The van der Waals surface area contributed by atoms with Crippen LogP contribution >= 0.6 is 0 Å². The van der Waals surface area contributed by atoms with Crippen LogP contribution in [0.5, 0.6) is 0 Å². The number of rotatable bonds is 6. The van der Waals surface area contributed by atoms with Gasteiger partial charge < -0.3 is 5.11 Å². The highest BCUT2D eigenvalue weighted by Crippen LogP contribution is 2.09. The second-order valence-electron chi connectivity index (χ2n) is 3.74. The fourth-order valence-corrected chi connectivity index (χ4v) is 1.51. The van der Waals surface area contributed by atoms with Crippen molar-refractivity contribution in [3.05, 3.63) is 35.9 Å². The summed E-state index contributed by atoms with van der Waals surface area (Å²) in [5.41, 5.74) is 0.599. The first-order valence-corrected chi connectivity index (χ1v) is 5.53. The molecule has 1 atom stereocenters. The van der Waals surface area contributed by atoms with Gasteiger partial charge in [-0.2, -0.15) is 0 Å². The normalized spacial score (nSPS) is 12.4. The summed E-state index contributed by atoms with van der Waals surface area (Å²) in [5, 5.41) is 9.65. The van der Waals surface area contributed by atoms with Gasteiger partial charge in [-0.25, -0.2) is 0 Å². The fourth-order valence-electron chi connectivity index (χ4n) is 1.51. The number of hydrogen-bond acceptors (Lipinski definition) is 2. The lowest BCUT2D eigenvalue weighted by atomic mass is 10.0. The van der Waals surface area contributed by atoms with Gasteiger partial charge >= 0.3 is 0 Å². The predicted octanol–water partition coefficient (Wildman–Crippen LogP) is 2.81. The third-order valence-corrected chi connectivity index (χ3v) is 2.44. The fraction of sp³-hybridized carbons (Fsp3) is 0.462. The van der Waals surface area contributed by atoms with E-state index < -0.39 is 6.10 Å².